The number of primary amides is 1. The van der Waals surface area contributed by atoms with E-state index in [1.54, 1.807) is 32.9 Å². The normalized spacial score (nSPS) is 12.1. The van der Waals surface area contributed by atoms with E-state index in [0.29, 0.717) is 11.1 Å². The van der Waals surface area contributed by atoms with E-state index in [1.807, 2.05) is 0 Å². The molecular weight excluding hydrogens is 310 g/mol. The van der Waals surface area contributed by atoms with Crippen molar-refractivity contribution < 1.29 is 13.2 Å². The summed E-state index contributed by atoms with van der Waals surface area (Å²) in [7, 11) is -3.82. The van der Waals surface area contributed by atoms with E-state index in [9.17, 15) is 13.2 Å². The molecule has 21 heavy (non-hydrogen) atoms. The number of nitrogens with one attached hydrogen (secondary N) is 1. The number of thiocarbonyl (C=S) groups is 1. The van der Waals surface area contributed by atoms with Gasteiger partial charge >= 0.3 is 0 Å². The maximum absolute atomic E-state index is 12.5. The highest BCUT2D eigenvalue weighted by Gasteiger charge is 2.29. The molecule has 0 saturated heterocycles. The number of aryl methyl sites for hydroxylation is 1. The van der Waals surface area contributed by atoms with Crippen LogP contribution >= 0.6 is 12.2 Å². The van der Waals surface area contributed by atoms with Crippen LogP contribution in [0.3, 0.4) is 0 Å². The lowest BCUT2D eigenvalue weighted by molar-refractivity contribution is -0.119. The van der Waals surface area contributed by atoms with Crippen LogP contribution in [0.1, 0.15) is 31.4 Å². The quantitative estimate of drug-likeness (QED) is 0.660. The Morgan fingerprint density at radius 3 is 2.38 bits per heavy atom. The Balaban J connectivity index is 3.22. The first-order chi connectivity index (χ1) is 9.44. The Morgan fingerprint density at radius 1 is 1.33 bits per heavy atom. The molecule has 0 heterocycles. The average Bonchev–Trinajstić information content (AvgIpc) is 2.24. The Morgan fingerprint density at radius 2 is 1.90 bits per heavy atom. The van der Waals surface area contributed by atoms with Crippen LogP contribution in [0.15, 0.2) is 23.1 Å². The highest BCUT2D eigenvalue weighted by atomic mass is 32.2. The Labute approximate surface area is 129 Å². The molecule has 0 radical (unpaired) electrons. The first kappa shape index (κ1) is 17.5. The minimum Gasteiger partial charge on any atom is -0.389 e. The van der Waals surface area contributed by atoms with E-state index in [2.05, 4.69) is 4.72 Å². The van der Waals surface area contributed by atoms with Crippen molar-refractivity contribution in [3.8, 4) is 0 Å². The van der Waals surface area contributed by atoms with Gasteiger partial charge < -0.3 is 11.5 Å². The molecule has 0 unspecified atom stereocenters. The fourth-order valence-electron chi connectivity index (χ4n) is 1.93. The third-order valence-electron chi connectivity index (χ3n) is 2.79. The molecule has 0 saturated carbocycles. The number of hydrogen-bond donors (Lipinski definition) is 3. The molecule has 0 spiro atoms. The number of sulfonamides is 1. The molecule has 0 aromatic heterocycles. The minimum atomic E-state index is -3.82. The van der Waals surface area contributed by atoms with Gasteiger partial charge in [0.2, 0.25) is 15.9 Å². The van der Waals surface area contributed by atoms with Crippen molar-refractivity contribution >= 4 is 33.1 Å². The number of carbonyl (C=O) groups is 1. The third-order valence-corrected chi connectivity index (χ3v) is 4.86. The monoisotopic (exact) mass is 329 g/mol. The number of carbonyl (C=O) groups excluding carboxylic acids is 1. The fraction of sp³-hybridized carbons (Fsp3) is 0.385. The molecule has 0 atom stereocenters. The van der Waals surface area contributed by atoms with Gasteiger partial charge in [0.15, 0.2) is 0 Å². The molecule has 0 fully saturated rings. The molecule has 5 N–H and O–H groups in total. The van der Waals surface area contributed by atoms with Gasteiger partial charge in [0.05, 0.1) is 4.90 Å². The minimum absolute atomic E-state index is 0.0744. The zero-order valence-corrected chi connectivity index (χ0v) is 13.8. The van der Waals surface area contributed by atoms with Gasteiger partial charge in [0.1, 0.15) is 4.99 Å². The second-order valence-electron chi connectivity index (χ2n) is 5.48. The van der Waals surface area contributed by atoms with E-state index in [1.165, 1.54) is 6.07 Å². The van der Waals surface area contributed by atoms with E-state index in [-0.39, 0.29) is 16.3 Å². The van der Waals surface area contributed by atoms with Crippen LogP contribution < -0.4 is 16.2 Å². The lowest BCUT2D eigenvalue weighted by Crippen LogP contribution is -2.46. The van der Waals surface area contributed by atoms with E-state index in [0.717, 1.165) is 0 Å². The number of rotatable bonds is 6. The van der Waals surface area contributed by atoms with E-state index >= 15 is 0 Å². The van der Waals surface area contributed by atoms with Crippen LogP contribution in [0.2, 0.25) is 0 Å². The molecule has 6 nitrogen and oxygen atoms in total. The lowest BCUT2D eigenvalue weighted by Gasteiger charge is -2.25. The van der Waals surface area contributed by atoms with E-state index in [4.69, 9.17) is 23.7 Å². The van der Waals surface area contributed by atoms with Gasteiger partial charge in [-0.05, 0) is 32.4 Å². The average molecular weight is 329 g/mol. The molecule has 1 aromatic rings. The van der Waals surface area contributed by atoms with Crippen LogP contribution in [0.25, 0.3) is 0 Å². The second kappa shape index (κ2) is 6.08. The summed E-state index contributed by atoms with van der Waals surface area (Å²) in [5.74, 6) is -0.587. The van der Waals surface area contributed by atoms with Gasteiger partial charge in [0, 0.05) is 17.5 Å². The summed E-state index contributed by atoms with van der Waals surface area (Å²) >= 11 is 4.86. The Bertz CT molecular complexity index is 682. The van der Waals surface area contributed by atoms with Gasteiger partial charge in [-0.25, -0.2) is 13.1 Å². The van der Waals surface area contributed by atoms with Gasteiger partial charge in [-0.3, -0.25) is 4.79 Å². The molecular formula is C13H19N3O3S2. The van der Waals surface area contributed by atoms with Crippen LogP contribution in [0.4, 0.5) is 0 Å². The van der Waals surface area contributed by atoms with Crippen LogP contribution in [-0.4, -0.2) is 24.9 Å². The summed E-state index contributed by atoms with van der Waals surface area (Å²) < 4.78 is 27.4. The van der Waals surface area contributed by atoms with Gasteiger partial charge in [-0.1, -0.05) is 24.4 Å². The highest BCUT2D eigenvalue weighted by molar-refractivity contribution is 7.89. The smallest absolute Gasteiger partial charge is 0.241 e. The molecule has 1 rings (SSSR count). The molecule has 1 aromatic carbocycles. The summed E-state index contributed by atoms with van der Waals surface area (Å²) in [6.07, 6.45) is -0.111. The van der Waals surface area contributed by atoms with Crippen molar-refractivity contribution in [2.45, 2.75) is 37.6 Å². The van der Waals surface area contributed by atoms with Gasteiger partial charge in [-0.2, -0.15) is 0 Å². The first-order valence-corrected chi connectivity index (χ1v) is 8.06. The van der Waals surface area contributed by atoms with Crippen molar-refractivity contribution in [3.63, 3.8) is 0 Å². The lowest BCUT2D eigenvalue weighted by atomic mass is 10.0. The summed E-state index contributed by atoms with van der Waals surface area (Å²) in [6.45, 7) is 4.84. The zero-order chi connectivity index (χ0) is 16.4. The second-order valence-corrected chi connectivity index (χ2v) is 7.57. The maximum atomic E-state index is 12.5. The largest absolute Gasteiger partial charge is 0.389 e. The molecule has 0 bridgehead atoms. The molecule has 8 heteroatoms. The van der Waals surface area contributed by atoms with Crippen molar-refractivity contribution in [1.82, 2.24) is 4.72 Å². The molecule has 0 aliphatic heterocycles. The SMILES string of the molecule is Cc1ccc(C(N)=S)cc1S(=O)(=O)NC(C)(C)CC(N)=O. The van der Waals surface area contributed by atoms with Crippen LogP contribution in [0, 0.1) is 6.92 Å². The molecule has 1 amide bonds. The summed E-state index contributed by atoms with van der Waals surface area (Å²) in [4.78, 5) is 11.2. The number of benzene rings is 1. The molecule has 0 aliphatic rings. The predicted molar refractivity (Wildman–Crippen MR) is 85.3 cm³/mol. The third kappa shape index (κ3) is 4.76. The standard InChI is InChI=1S/C13H19N3O3S2/c1-8-4-5-9(12(15)20)6-10(8)21(18,19)16-13(2,3)7-11(14)17/h4-6,16H,7H2,1-3H3,(H2,14,17)(H2,15,20). The predicted octanol–water partition coefficient (Wildman–Crippen LogP) is 0.562. The van der Waals surface area contributed by atoms with Crippen molar-refractivity contribution in [2.24, 2.45) is 11.5 Å². The molecule has 0 aliphatic carbocycles. The van der Waals surface area contributed by atoms with Crippen molar-refractivity contribution in [3.05, 3.63) is 29.3 Å². The zero-order valence-electron chi connectivity index (χ0n) is 12.1. The Hall–Kier alpha value is -1.51. The summed E-state index contributed by atoms with van der Waals surface area (Å²) in [6, 6.07) is 4.70. The van der Waals surface area contributed by atoms with Crippen molar-refractivity contribution in [1.29, 1.82) is 0 Å². The van der Waals surface area contributed by atoms with Crippen LogP contribution in [0.5, 0.6) is 0 Å². The van der Waals surface area contributed by atoms with Gasteiger partial charge in [-0.15, -0.1) is 0 Å². The number of hydrogen-bond acceptors (Lipinski definition) is 4. The first-order valence-electron chi connectivity index (χ1n) is 6.17. The Kier molecular flexibility index (Phi) is 5.08. The maximum Gasteiger partial charge on any atom is 0.241 e. The van der Waals surface area contributed by atoms with E-state index < -0.39 is 21.5 Å². The fourth-order valence-corrected chi connectivity index (χ4v) is 3.74. The highest BCUT2D eigenvalue weighted by Crippen LogP contribution is 2.20. The van der Waals surface area contributed by atoms with Crippen LogP contribution in [-0.2, 0) is 14.8 Å². The number of amides is 1. The topological polar surface area (TPSA) is 115 Å². The van der Waals surface area contributed by atoms with Gasteiger partial charge in [0.25, 0.3) is 0 Å². The summed E-state index contributed by atoms with van der Waals surface area (Å²) in [5.41, 5.74) is 10.7. The molecule has 116 valence electrons. The number of nitrogens with two attached hydrogens (primary N) is 2. The summed E-state index contributed by atoms with van der Waals surface area (Å²) in [5, 5.41) is 0. The van der Waals surface area contributed by atoms with Crippen molar-refractivity contribution in [2.75, 3.05) is 0 Å².